The molecule has 3 N–H and O–H groups in total. The number of aromatic nitrogens is 3. The van der Waals surface area contributed by atoms with Gasteiger partial charge in [0, 0.05) is 24.5 Å². The number of anilines is 2. The Labute approximate surface area is 225 Å². The lowest BCUT2D eigenvalue weighted by atomic mass is 9.97. The molecule has 0 saturated heterocycles. The number of carbonyl (C=O) groups excluding carboxylic acids is 1. The summed E-state index contributed by atoms with van der Waals surface area (Å²) in [6.07, 6.45) is -2.27. The van der Waals surface area contributed by atoms with Crippen molar-refractivity contribution in [3.8, 4) is 0 Å². The minimum absolute atomic E-state index is 0.0291. The standard InChI is InChI=1S/C28H33F3N6O2/c1-15(19-11-20(28(29,30)31)13-21(32)12-19)33-24-23-14-22(16(2)34-25(23)36-17(3)35-24)18-7-9-37(10-8-18)26(38)39-27(4,5)6/h7,11-15H,8-10,32H2,1-6H3,(H,33,34,35,36). The number of ether oxygens (including phenoxy) is 1. The van der Waals surface area contributed by atoms with Crippen LogP contribution in [0.3, 0.4) is 0 Å². The van der Waals surface area contributed by atoms with E-state index in [4.69, 9.17) is 15.5 Å². The summed E-state index contributed by atoms with van der Waals surface area (Å²) in [7, 11) is 0. The van der Waals surface area contributed by atoms with Crippen molar-refractivity contribution in [2.45, 2.75) is 65.8 Å². The Morgan fingerprint density at radius 2 is 1.82 bits per heavy atom. The van der Waals surface area contributed by atoms with Crippen LogP contribution in [-0.2, 0) is 10.9 Å². The summed E-state index contributed by atoms with van der Waals surface area (Å²) in [6, 6.07) is 4.93. The van der Waals surface area contributed by atoms with Gasteiger partial charge in [-0.15, -0.1) is 0 Å². The van der Waals surface area contributed by atoms with Crippen LogP contribution in [0.2, 0.25) is 0 Å². The molecule has 1 unspecified atom stereocenters. The molecule has 2 aromatic heterocycles. The highest BCUT2D eigenvalue weighted by molar-refractivity contribution is 5.90. The fourth-order valence-electron chi connectivity index (χ4n) is 4.47. The van der Waals surface area contributed by atoms with Gasteiger partial charge in [0.15, 0.2) is 5.65 Å². The van der Waals surface area contributed by atoms with Crippen molar-refractivity contribution in [2.75, 3.05) is 24.1 Å². The van der Waals surface area contributed by atoms with Crippen LogP contribution in [0.4, 0.5) is 29.5 Å². The van der Waals surface area contributed by atoms with Gasteiger partial charge in [-0.3, -0.25) is 0 Å². The van der Waals surface area contributed by atoms with E-state index < -0.39 is 23.4 Å². The van der Waals surface area contributed by atoms with E-state index in [2.05, 4.69) is 15.3 Å². The minimum Gasteiger partial charge on any atom is -0.444 e. The van der Waals surface area contributed by atoms with Crippen molar-refractivity contribution >= 4 is 34.2 Å². The Morgan fingerprint density at radius 1 is 1.10 bits per heavy atom. The number of rotatable bonds is 4. The quantitative estimate of drug-likeness (QED) is 0.366. The number of nitrogens with one attached hydrogen (secondary N) is 1. The number of amides is 1. The first-order chi connectivity index (χ1) is 18.1. The summed E-state index contributed by atoms with van der Waals surface area (Å²) in [4.78, 5) is 27.8. The van der Waals surface area contributed by atoms with Crippen molar-refractivity contribution in [3.63, 3.8) is 0 Å². The highest BCUT2D eigenvalue weighted by Crippen LogP contribution is 2.35. The number of nitrogens with zero attached hydrogens (tertiary/aromatic N) is 4. The average Bonchev–Trinajstić information content (AvgIpc) is 2.81. The van der Waals surface area contributed by atoms with E-state index in [0.29, 0.717) is 47.7 Å². The van der Waals surface area contributed by atoms with Crippen molar-refractivity contribution in [3.05, 3.63) is 58.6 Å². The molecule has 11 heteroatoms. The van der Waals surface area contributed by atoms with Gasteiger partial charge >= 0.3 is 12.3 Å². The highest BCUT2D eigenvalue weighted by atomic mass is 19.4. The highest BCUT2D eigenvalue weighted by Gasteiger charge is 2.31. The molecule has 1 atom stereocenters. The Morgan fingerprint density at radius 3 is 2.44 bits per heavy atom. The van der Waals surface area contributed by atoms with Gasteiger partial charge in [0.05, 0.1) is 17.0 Å². The molecule has 0 aliphatic carbocycles. The topological polar surface area (TPSA) is 106 Å². The number of aryl methyl sites for hydroxylation is 2. The number of halogens is 3. The molecule has 208 valence electrons. The molecule has 3 aromatic rings. The van der Waals surface area contributed by atoms with Gasteiger partial charge in [0.1, 0.15) is 17.2 Å². The average molecular weight is 543 g/mol. The summed E-state index contributed by atoms with van der Waals surface area (Å²) in [5.74, 6) is 0.937. The zero-order chi connectivity index (χ0) is 28.7. The maximum atomic E-state index is 13.4. The molecule has 1 aromatic carbocycles. The van der Waals surface area contributed by atoms with Crippen LogP contribution in [-0.4, -0.2) is 44.6 Å². The lowest BCUT2D eigenvalue weighted by Crippen LogP contribution is -2.39. The molecule has 0 spiro atoms. The van der Waals surface area contributed by atoms with Crippen LogP contribution in [0.5, 0.6) is 0 Å². The molecule has 1 aliphatic heterocycles. The summed E-state index contributed by atoms with van der Waals surface area (Å²) >= 11 is 0. The Balaban J connectivity index is 1.65. The molecule has 0 radical (unpaired) electrons. The first-order valence-corrected chi connectivity index (χ1v) is 12.7. The van der Waals surface area contributed by atoms with Gasteiger partial charge in [-0.05, 0) is 88.9 Å². The molecular weight excluding hydrogens is 509 g/mol. The number of benzene rings is 1. The summed E-state index contributed by atoms with van der Waals surface area (Å²) in [6.45, 7) is 11.8. The molecule has 0 saturated carbocycles. The fraction of sp³-hybridized carbons (Fsp3) is 0.429. The number of carbonyl (C=O) groups is 1. The molecular formula is C28H33F3N6O2. The van der Waals surface area contributed by atoms with Crippen molar-refractivity contribution < 1.29 is 22.7 Å². The van der Waals surface area contributed by atoms with E-state index in [1.807, 2.05) is 39.8 Å². The van der Waals surface area contributed by atoms with E-state index >= 15 is 0 Å². The summed E-state index contributed by atoms with van der Waals surface area (Å²) in [5.41, 5.74) is 8.00. The molecule has 0 fully saturated rings. The zero-order valence-corrected chi connectivity index (χ0v) is 22.9. The van der Waals surface area contributed by atoms with Crippen molar-refractivity contribution in [2.24, 2.45) is 0 Å². The number of fused-ring (bicyclic) bond motifs is 1. The second kappa shape index (κ2) is 10.3. The van der Waals surface area contributed by atoms with Gasteiger partial charge in [-0.1, -0.05) is 6.08 Å². The second-order valence-electron chi connectivity index (χ2n) is 10.8. The minimum atomic E-state index is -4.51. The van der Waals surface area contributed by atoms with Crippen molar-refractivity contribution in [1.82, 2.24) is 19.9 Å². The maximum Gasteiger partial charge on any atom is 0.416 e. The van der Waals surface area contributed by atoms with Crippen LogP contribution in [0.1, 0.15) is 68.4 Å². The third kappa shape index (κ3) is 6.58. The van der Waals surface area contributed by atoms with E-state index in [9.17, 15) is 18.0 Å². The predicted octanol–water partition coefficient (Wildman–Crippen LogP) is 6.44. The van der Waals surface area contributed by atoms with Gasteiger partial charge in [0.25, 0.3) is 0 Å². The SMILES string of the molecule is Cc1nc(NC(C)c2cc(N)cc(C(F)(F)F)c2)c2cc(C3=CCN(C(=O)OC(C)(C)C)CC3)c(C)nc2n1. The van der Waals surface area contributed by atoms with E-state index in [-0.39, 0.29) is 11.8 Å². The van der Waals surface area contributed by atoms with Gasteiger partial charge in [-0.25, -0.2) is 19.7 Å². The van der Waals surface area contributed by atoms with Gasteiger partial charge in [0.2, 0.25) is 0 Å². The predicted molar refractivity (Wildman–Crippen MR) is 145 cm³/mol. The largest absolute Gasteiger partial charge is 0.444 e. The van der Waals surface area contributed by atoms with Crippen LogP contribution >= 0.6 is 0 Å². The summed E-state index contributed by atoms with van der Waals surface area (Å²) < 4.78 is 45.6. The molecule has 8 nitrogen and oxygen atoms in total. The van der Waals surface area contributed by atoms with Gasteiger partial charge < -0.3 is 20.7 Å². The van der Waals surface area contributed by atoms with Crippen LogP contribution in [0.25, 0.3) is 16.6 Å². The van der Waals surface area contributed by atoms with E-state index in [1.54, 1.807) is 18.7 Å². The van der Waals surface area contributed by atoms with E-state index in [1.165, 1.54) is 6.07 Å². The lowest BCUT2D eigenvalue weighted by molar-refractivity contribution is -0.137. The number of nitrogen functional groups attached to an aromatic ring is 1. The fourth-order valence-corrected chi connectivity index (χ4v) is 4.47. The molecule has 3 heterocycles. The molecule has 0 bridgehead atoms. The molecule has 4 rings (SSSR count). The number of hydrogen-bond donors (Lipinski definition) is 2. The van der Waals surface area contributed by atoms with Crippen LogP contribution < -0.4 is 11.1 Å². The number of hydrogen-bond acceptors (Lipinski definition) is 7. The normalized spacial score (nSPS) is 15.2. The smallest absolute Gasteiger partial charge is 0.416 e. The maximum absolute atomic E-state index is 13.4. The zero-order valence-electron chi connectivity index (χ0n) is 22.9. The first-order valence-electron chi connectivity index (χ1n) is 12.7. The molecule has 39 heavy (non-hydrogen) atoms. The Hall–Kier alpha value is -3.89. The van der Waals surface area contributed by atoms with Crippen LogP contribution in [0, 0.1) is 13.8 Å². The third-order valence-electron chi connectivity index (χ3n) is 6.35. The second-order valence-corrected chi connectivity index (χ2v) is 10.8. The monoisotopic (exact) mass is 542 g/mol. The van der Waals surface area contributed by atoms with Crippen molar-refractivity contribution in [1.29, 1.82) is 0 Å². The number of pyridine rings is 1. The Bertz CT molecular complexity index is 1450. The Kier molecular flexibility index (Phi) is 7.46. The van der Waals surface area contributed by atoms with E-state index in [0.717, 1.165) is 29.0 Å². The van der Waals surface area contributed by atoms with Crippen LogP contribution in [0.15, 0.2) is 30.3 Å². The third-order valence-corrected chi connectivity index (χ3v) is 6.35. The lowest BCUT2D eigenvalue weighted by Gasteiger charge is -2.30. The number of nitrogens with two attached hydrogens (primary N) is 1. The van der Waals surface area contributed by atoms with Gasteiger partial charge in [-0.2, -0.15) is 13.2 Å². The first kappa shape index (κ1) is 28.1. The molecule has 1 amide bonds. The summed E-state index contributed by atoms with van der Waals surface area (Å²) in [5, 5.41) is 3.88. The molecule has 1 aliphatic rings. The number of alkyl halides is 3.